The number of hydrogen-bond donors (Lipinski definition) is 0. The van der Waals surface area contributed by atoms with Crippen LogP contribution in [0.15, 0.2) is 77.7 Å². The van der Waals surface area contributed by atoms with Crippen LogP contribution in [-0.4, -0.2) is 28.7 Å². The average Bonchev–Trinajstić information content (AvgIpc) is 3.03. The molecule has 29 heavy (non-hydrogen) atoms. The summed E-state index contributed by atoms with van der Waals surface area (Å²) < 4.78 is 27.5. The van der Waals surface area contributed by atoms with E-state index in [2.05, 4.69) is 0 Å². The normalized spacial score (nSPS) is 12.2. The second-order valence-corrected chi connectivity index (χ2v) is 9.38. The molecule has 0 aliphatic heterocycles. The molecule has 0 atom stereocenters. The quantitative estimate of drug-likeness (QED) is 0.415. The number of nitrogens with zero attached hydrogens (tertiary/aromatic N) is 3. The summed E-state index contributed by atoms with van der Waals surface area (Å²) in [5, 5.41) is 1.46. The Morgan fingerprint density at radius 1 is 0.862 bits per heavy atom. The lowest BCUT2D eigenvalue weighted by Gasteiger charge is -2.08. The highest BCUT2D eigenvalue weighted by molar-refractivity contribution is 7.91. The number of aromatic nitrogens is 3. The lowest BCUT2D eigenvalue weighted by atomic mass is 10.2. The lowest BCUT2D eigenvalue weighted by molar-refractivity contribution is 0.591. The molecule has 0 N–H and O–H groups in total. The van der Waals surface area contributed by atoms with Crippen molar-refractivity contribution in [2.75, 3.05) is 5.75 Å². The first-order valence-electron chi connectivity index (χ1n) is 9.15. The third kappa shape index (κ3) is 3.14. The summed E-state index contributed by atoms with van der Waals surface area (Å²) in [6.45, 7) is 0.270. The minimum absolute atomic E-state index is 0.0347. The van der Waals surface area contributed by atoms with Crippen molar-refractivity contribution in [1.29, 1.82) is 0 Å². The van der Waals surface area contributed by atoms with E-state index < -0.39 is 9.84 Å². The molecular formula is C22H16ClN3O2S. The van der Waals surface area contributed by atoms with E-state index in [1.807, 2.05) is 41.0 Å². The molecule has 0 saturated carbocycles. The van der Waals surface area contributed by atoms with Crippen molar-refractivity contribution in [2.24, 2.45) is 0 Å². The third-order valence-corrected chi connectivity index (χ3v) is 6.94. The molecule has 7 heteroatoms. The van der Waals surface area contributed by atoms with Crippen molar-refractivity contribution in [1.82, 2.24) is 14.5 Å². The van der Waals surface area contributed by atoms with Crippen LogP contribution in [0, 0.1) is 0 Å². The van der Waals surface area contributed by atoms with Gasteiger partial charge in [0.05, 0.1) is 27.2 Å². The smallest absolute Gasteiger partial charge is 0.180 e. The molecule has 0 saturated heterocycles. The summed E-state index contributed by atoms with van der Waals surface area (Å²) in [7, 11) is -3.42. The maximum Gasteiger partial charge on any atom is 0.180 e. The predicted molar refractivity (Wildman–Crippen MR) is 116 cm³/mol. The van der Waals surface area contributed by atoms with Gasteiger partial charge in [0, 0.05) is 17.0 Å². The van der Waals surface area contributed by atoms with E-state index in [-0.39, 0.29) is 12.3 Å². The Hall–Kier alpha value is -2.96. The maximum absolute atomic E-state index is 12.8. The van der Waals surface area contributed by atoms with Gasteiger partial charge in [-0.2, -0.15) is 0 Å². The van der Waals surface area contributed by atoms with Crippen LogP contribution in [0.1, 0.15) is 0 Å². The fraction of sp³-hybridized carbons (Fsp3) is 0.0909. The van der Waals surface area contributed by atoms with E-state index in [4.69, 9.17) is 21.6 Å². The fourth-order valence-corrected chi connectivity index (χ4v) is 4.99. The molecule has 3 aromatic carbocycles. The van der Waals surface area contributed by atoms with Gasteiger partial charge in [-0.3, -0.25) is 0 Å². The zero-order valence-corrected chi connectivity index (χ0v) is 16.9. The molecule has 0 aliphatic carbocycles. The van der Waals surface area contributed by atoms with Gasteiger partial charge in [-0.25, -0.2) is 18.4 Å². The number of rotatable bonds is 4. The number of para-hydroxylation sites is 2. The van der Waals surface area contributed by atoms with Gasteiger partial charge in [-0.1, -0.05) is 41.9 Å². The summed E-state index contributed by atoms with van der Waals surface area (Å²) in [6.07, 6.45) is 0. The van der Waals surface area contributed by atoms with Gasteiger partial charge < -0.3 is 4.57 Å². The van der Waals surface area contributed by atoms with Crippen molar-refractivity contribution in [2.45, 2.75) is 11.4 Å². The summed E-state index contributed by atoms with van der Waals surface area (Å²) in [5.41, 5.74) is 3.79. The van der Waals surface area contributed by atoms with E-state index in [9.17, 15) is 8.42 Å². The first kappa shape index (κ1) is 18.1. The van der Waals surface area contributed by atoms with Crippen molar-refractivity contribution >= 4 is 54.5 Å². The van der Waals surface area contributed by atoms with Crippen LogP contribution in [0.3, 0.4) is 0 Å². The number of sulfone groups is 1. The molecule has 0 spiro atoms. The van der Waals surface area contributed by atoms with E-state index in [1.165, 1.54) is 0 Å². The SMILES string of the molecule is O=S(=O)(CCn1c2ccc(Cl)cc2c2nc3ccccc3nc21)c1ccccc1. The first-order valence-corrected chi connectivity index (χ1v) is 11.2. The maximum atomic E-state index is 12.8. The van der Waals surface area contributed by atoms with E-state index in [0.29, 0.717) is 15.6 Å². The van der Waals surface area contributed by atoms with E-state index in [1.54, 1.807) is 36.4 Å². The second kappa shape index (κ2) is 6.83. The lowest BCUT2D eigenvalue weighted by Crippen LogP contribution is -2.13. The molecular weight excluding hydrogens is 406 g/mol. The Kier molecular flexibility index (Phi) is 4.26. The van der Waals surface area contributed by atoms with Crippen LogP contribution in [0.5, 0.6) is 0 Å². The van der Waals surface area contributed by atoms with Crippen LogP contribution < -0.4 is 0 Å². The fourth-order valence-electron chi connectivity index (χ4n) is 3.59. The summed E-state index contributed by atoms with van der Waals surface area (Å²) in [4.78, 5) is 9.88. The monoisotopic (exact) mass is 421 g/mol. The van der Waals surface area contributed by atoms with Gasteiger partial charge in [-0.15, -0.1) is 0 Å². The molecule has 0 aliphatic rings. The zero-order valence-electron chi connectivity index (χ0n) is 15.3. The highest BCUT2D eigenvalue weighted by Crippen LogP contribution is 2.30. The molecule has 5 aromatic rings. The van der Waals surface area contributed by atoms with Crippen LogP contribution in [0.2, 0.25) is 5.02 Å². The van der Waals surface area contributed by atoms with Crippen LogP contribution in [-0.2, 0) is 16.4 Å². The van der Waals surface area contributed by atoms with Crippen LogP contribution in [0.25, 0.3) is 33.1 Å². The van der Waals surface area contributed by atoms with Crippen molar-refractivity contribution in [3.05, 3.63) is 77.8 Å². The third-order valence-electron chi connectivity index (χ3n) is 5.00. The molecule has 5 nitrogen and oxygen atoms in total. The van der Waals surface area contributed by atoms with Gasteiger partial charge >= 0.3 is 0 Å². The van der Waals surface area contributed by atoms with Gasteiger partial charge in [0.1, 0.15) is 5.52 Å². The van der Waals surface area contributed by atoms with E-state index >= 15 is 0 Å². The Morgan fingerprint density at radius 2 is 1.55 bits per heavy atom. The Bertz CT molecular complexity index is 1480. The largest absolute Gasteiger partial charge is 0.323 e. The number of aryl methyl sites for hydroxylation is 1. The highest BCUT2D eigenvalue weighted by atomic mass is 35.5. The highest BCUT2D eigenvalue weighted by Gasteiger charge is 2.19. The molecule has 0 bridgehead atoms. The topological polar surface area (TPSA) is 64.8 Å². The molecule has 144 valence electrons. The predicted octanol–water partition coefficient (Wildman–Crippen LogP) is 4.87. The Balaban J connectivity index is 1.68. The molecule has 0 radical (unpaired) electrons. The van der Waals surface area contributed by atoms with Gasteiger partial charge in [0.15, 0.2) is 15.5 Å². The van der Waals surface area contributed by atoms with Crippen molar-refractivity contribution in [3.8, 4) is 0 Å². The average molecular weight is 422 g/mol. The number of halogens is 1. The Labute approximate surface area is 172 Å². The summed E-state index contributed by atoms with van der Waals surface area (Å²) in [5.74, 6) is -0.0347. The molecule has 2 heterocycles. The molecule has 0 amide bonds. The van der Waals surface area contributed by atoms with Crippen LogP contribution >= 0.6 is 11.6 Å². The molecule has 2 aromatic heterocycles. The second-order valence-electron chi connectivity index (χ2n) is 6.83. The molecule has 5 rings (SSSR count). The van der Waals surface area contributed by atoms with Crippen molar-refractivity contribution < 1.29 is 8.42 Å². The number of hydrogen-bond acceptors (Lipinski definition) is 4. The van der Waals surface area contributed by atoms with Gasteiger partial charge in [-0.05, 0) is 42.5 Å². The van der Waals surface area contributed by atoms with E-state index in [0.717, 1.165) is 27.5 Å². The molecule has 0 fully saturated rings. The summed E-state index contributed by atoms with van der Waals surface area (Å²) in [6, 6.07) is 21.7. The van der Waals surface area contributed by atoms with Gasteiger partial charge in [0.25, 0.3) is 0 Å². The van der Waals surface area contributed by atoms with Crippen molar-refractivity contribution in [3.63, 3.8) is 0 Å². The van der Waals surface area contributed by atoms with Crippen LogP contribution in [0.4, 0.5) is 0 Å². The standard InChI is InChI=1S/C22H16ClN3O2S/c23-15-10-11-20-17(14-15)21-22(25-19-9-5-4-8-18(19)24-21)26(20)12-13-29(27,28)16-6-2-1-3-7-16/h1-11,14H,12-13H2. The van der Waals surface area contributed by atoms with Gasteiger partial charge in [0.2, 0.25) is 0 Å². The minimum Gasteiger partial charge on any atom is -0.323 e. The minimum atomic E-state index is -3.42. The summed E-state index contributed by atoms with van der Waals surface area (Å²) >= 11 is 6.22. The Morgan fingerprint density at radius 3 is 2.31 bits per heavy atom. The molecule has 0 unspecified atom stereocenters. The number of benzene rings is 3. The first-order chi connectivity index (χ1) is 14.0. The zero-order chi connectivity index (χ0) is 20.0. The number of fused-ring (bicyclic) bond motifs is 4.